The fourth-order valence-electron chi connectivity index (χ4n) is 1.47. The van der Waals surface area contributed by atoms with Gasteiger partial charge in [-0.05, 0) is 51.4 Å². The normalized spacial score (nSPS) is 18.6. The molecule has 1 unspecified atom stereocenters. The van der Waals surface area contributed by atoms with Gasteiger partial charge < -0.3 is 9.84 Å². The van der Waals surface area contributed by atoms with Gasteiger partial charge in [0.2, 0.25) is 0 Å². The van der Waals surface area contributed by atoms with Gasteiger partial charge in [0.15, 0.2) is 0 Å². The van der Waals surface area contributed by atoms with Crippen molar-refractivity contribution in [1.82, 2.24) is 0 Å². The van der Waals surface area contributed by atoms with Crippen LogP contribution in [0.1, 0.15) is 24.5 Å². The molecule has 0 amide bonds. The molecule has 4 heteroatoms. The van der Waals surface area contributed by atoms with Crippen molar-refractivity contribution in [2.24, 2.45) is 0 Å². The number of ether oxygens (including phenoxy) is 1. The summed E-state index contributed by atoms with van der Waals surface area (Å²) in [6.07, 6.45) is 3.11. The quantitative estimate of drug-likeness (QED) is 0.897. The zero-order chi connectivity index (χ0) is 9.97. The number of rotatable bonds is 2. The minimum absolute atomic E-state index is 0.502. The summed E-state index contributed by atoms with van der Waals surface area (Å²) >= 11 is 4.97. The molecule has 1 aliphatic heterocycles. The van der Waals surface area contributed by atoms with Crippen LogP contribution in [0, 0.1) is 0 Å². The average Bonchev–Trinajstić information content (AvgIpc) is 2.65. The molecule has 76 valence electrons. The van der Waals surface area contributed by atoms with Crippen LogP contribution < -0.4 is 0 Å². The van der Waals surface area contributed by atoms with E-state index >= 15 is 0 Å². The minimum Gasteiger partial charge on any atom is -0.501 e. The lowest BCUT2D eigenvalue weighted by molar-refractivity contribution is 0.170. The first-order valence-corrected chi connectivity index (χ1v) is 6.17. The van der Waals surface area contributed by atoms with Gasteiger partial charge in [0, 0.05) is 0 Å². The third-order valence-corrected chi connectivity index (χ3v) is 3.74. The molecule has 1 aromatic rings. The van der Waals surface area contributed by atoms with E-state index in [0.29, 0.717) is 0 Å². The molecule has 0 bridgehead atoms. The highest BCUT2D eigenvalue weighted by molar-refractivity contribution is 9.11. The topological polar surface area (TPSA) is 29.5 Å². The standard InChI is InChI=1S/C10H11BrO2S/c11-9-4-8(6-14-9)10(12)7-2-1-3-13-5-7/h4-6,10,12H,1-3H2. The van der Waals surface area contributed by atoms with Crippen LogP contribution in [-0.2, 0) is 4.74 Å². The second-order valence-electron chi connectivity index (χ2n) is 3.25. The van der Waals surface area contributed by atoms with Crippen molar-refractivity contribution < 1.29 is 9.84 Å². The zero-order valence-corrected chi connectivity index (χ0v) is 9.97. The molecule has 2 heterocycles. The Hall–Kier alpha value is -0.320. The molecule has 0 spiro atoms. The van der Waals surface area contributed by atoms with E-state index < -0.39 is 6.10 Å². The Balaban J connectivity index is 2.14. The van der Waals surface area contributed by atoms with Crippen molar-refractivity contribution in [1.29, 1.82) is 0 Å². The van der Waals surface area contributed by atoms with Crippen molar-refractivity contribution in [2.45, 2.75) is 18.9 Å². The van der Waals surface area contributed by atoms with Crippen LogP contribution in [0.5, 0.6) is 0 Å². The molecule has 14 heavy (non-hydrogen) atoms. The maximum absolute atomic E-state index is 10.00. The van der Waals surface area contributed by atoms with Crippen LogP contribution in [0.25, 0.3) is 0 Å². The summed E-state index contributed by atoms with van der Waals surface area (Å²) in [5.41, 5.74) is 1.92. The second kappa shape index (κ2) is 4.47. The van der Waals surface area contributed by atoms with Crippen LogP contribution in [0.3, 0.4) is 0 Å². The molecule has 1 atom stereocenters. The molecule has 2 nitrogen and oxygen atoms in total. The van der Waals surface area contributed by atoms with Crippen LogP contribution in [-0.4, -0.2) is 11.7 Å². The summed E-state index contributed by atoms with van der Waals surface area (Å²) in [5.74, 6) is 0. The van der Waals surface area contributed by atoms with Gasteiger partial charge in [0.1, 0.15) is 6.10 Å². The predicted octanol–water partition coefficient (Wildman–Crippen LogP) is 3.24. The van der Waals surface area contributed by atoms with Crippen molar-refractivity contribution in [2.75, 3.05) is 6.61 Å². The lowest BCUT2D eigenvalue weighted by atomic mass is 10.0. The molecular weight excluding hydrogens is 264 g/mol. The second-order valence-corrected chi connectivity index (χ2v) is 5.54. The highest BCUT2D eigenvalue weighted by atomic mass is 79.9. The third kappa shape index (κ3) is 2.19. The Morgan fingerprint density at radius 2 is 2.43 bits per heavy atom. The van der Waals surface area contributed by atoms with E-state index in [0.717, 1.165) is 34.4 Å². The molecule has 0 aromatic carbocycles. The molecule has 2 rings (SSSR count). The summed E-state index contributed by atoms with van der Waals surface area (Å²) in [6.45, 7) is 0.767. The van der Waals surface area contributed by atoms with Crippen LogP contribution in [0.4, 0.5) is 0 Å². The van der Waals surface area contributed by atoms with Gasteiger partial charge in [-0.3, -0.25) is 0 Å². The molecule has 0 radical (unpaired) electrons. The van der Waals surface area contributed by atoms with Crippen LogP contribution in [0.15, 0.2) is 27.1 Å². The summed E-state index contributed by atoms with van der Waals surface area (Å²) in [6, 6.07) is 1.95. The monoisotopic (exact) mass is 274 g/mol. The number of aliphatic hydroxyl groups excluding tert-OH is 1. The minimum atomic E-state index is -0.502. The van der Waals surface area contributed by atoms with Gasteiger partial charge in [0.05, 0.1) is 16.7 Å². The molecular formula is C10H11BrO2S. The van der Waals surface area contributed by atoms with E-state index in [9.17, 15) is 5.11 Å². The van der Waals surface area contributed by atoms with Gasteiger partial charge in [0.25, 0.3) is 0 Å². The molecule has 1 aliphatic rings. The SMILES string of the molecule is OC(C1=COCCC1)c1csc(Br)c1. The van der Waals surface area contributed by atoms with E-state index in [-0.39, 0.29) is 0 Å². The smallest absolute Gasteiger partial charge is 0.104 e. The van der Waals surface area contributed by atoms with Crippen molar-refractivity contribution in [3.05, 3.63) is 32.6 Å². The Bertz CT molecular complexity index is 346. The Kier molecular flexibility index (Phi) is 3.26. The first kappa shape index (κ1) is 10.2. The van der Waals surface area contributed by atoms with Crippen molar-refractivity contribution >= 4 is 27.3 Å². The maximum atomic E-state index is 10.00. The number of aliphatic hydroxyl groups is 1. The van der Waals surface area contributed by atoms with Gasteiger partial charge >= 0.3 is 0 Å². The van der Waals surface area contributed by atoms with Crippen molar-refractivity contribution in [3.63, 3.8) is 0 Å². The average molecular weight is 275 g/mol. The first-order chi connectivity index (χ1) is 6.77. The van der Waals surface area contributed by atoms with Crippen LogP contribution >= 0.6 is 27.3 Å². The van der Waals surface area contributed by atoms with Crippen LogP contribution in [0.2, 0.25) is 0 Å². The summed E-state index contributed by atoms with van der Waals surface area (Å²) < 4.78 is 6.25. The molecule has 1 aromatic heterocycles. The molecule has 0 saturated carbocycles. The molecule has 0 aliphatic carbocycles. The number of halogens is 1. The third-order valence-electron chi connectivity index (χ3n) is 2.22. The van der Waals surface area contributed by atoms with Gasteiger partial charge in [-0.2, -0.15) is 0 Å². The van der Waals surface area contributed by atoms with Gasteiger partial charge in [-0.1, -0.05) is 0 Å². The molecule has 0 fully saturated rings. The first-order valence-electron chi connectivity index (χ1n) is 4.50. The van der Waals surface area contributed by atoms with Crippen molar-refractivity contribution in [3.8, 4) is 0 Å². The maximum Gasteiger partial charge on any atom is 0.104 e. The van der Waals surface area contributed by atoms with E-state index in [1.807, 2.05) is 11.4 Å². The highest BCUT2D eigenvalue weighted by Gasteiger charge is 2.17. The lowest BCUT2D eigenvalue weighted by Crippen LogP contribution is -2.06. The van der Waals surface area contributed by atoms with E-state index in [2.05, 4.69) is 15.9 Å². The Labute approximate surface area is 95.3 Å². The number of thiophene rings is 1. The van der Waals surface area contributed by atoms with E-state index in [1.165, 1.54) is 0 Å². The fraction of sp³-hybridized carbons (Fsp3) is 0.400. The highest BCUT2D eigenvalue weighted by Crippen LogP contribution is 2.32. The zero-order valence-electron chi connectivity index (χ0n) is 7.57. The Morgan fingerprint density at radius 3 is 3.00 bits per heavy atom. The molecule has 1 N–H and O–H groups in total. The summed E-state index contributed by atoms with van der Waals surface area (Å²) in [4.78, 5) is 0. The number of hydrogen-bond acceptors (Lipinski definition) is 3. The van der Waals surface area contributed by atoms with Gasteiger partial charge in [-0.15, -0.1) is 11.3 Å². The molecule has 0 saturated heterocycles. The fourth-order valence-corrected chi connectivity index (χ4v) is 2.66. The summed E-state index contributed by atoms with van der Waals surface area (Å²) in [5, 5.41) is 12.0. The predicted molar refractivity (Wildman–Crippen MR) is 60.2 cm³/mol. The number of hydrogen-bond donors (Lipinski definition) is 1. The van der Waals surface area contributed by atoms with Gasteiger partial charge in [-0.25, -0.2) is 0 Å². The Morgan fingerprint density at radius 1 is 1.57 bits per heavy atom. The van der Waals surface area contributed by atoms with E-state index in [1.54, 1.807) is 17.6 Å². The summed E-state index contributed by atoms with van der Waals surface area (Å²) in [7, 11) is 0. The largest absolute Gasteiger partial charge is 0.501 e. The van der Waals surface area contributed by atoms with E-state index in [4.69, 9.17) is 4.74 Å². The lowest BCUT2D eigenvalue weighted by Gasteiger charge is -2.17.